The number of carbonyl (C=O) groups excluding carboxylic acids is 1. The van der Waals surface area contributed by atoms with Gasteiger partial charge >= 0.3 is 0 Å². The quantitative estimate of drug-likeness (QED) is 0.317. The van der Waals surface area contributed by atoms with Crippen LogP contribution in [0.4, 0.5) is 0 Å². The molecule has 0 saturated carbocycles. The minimum absolute atomic E-state index is 0.184. The zero-order valence-electron chi connectivity index (χ0n) is 16.5. The van der Waals surface area contributed by atoms with E-state index in [-0.39, 0.29) is 18.6 Å². The van der Waals surface area contributed by atoms with E-state index >= 15 is 0 Å². The van der Waals surface area contributed by atoms with Crippen LogP contribution in [0.25, 0.3) is 6.08 Å². The third-order valence-corrected chi connectivity index (χ3v) is 5.90. The molecule has 1 aliphatic heterocycles. The van der Waals surface area contributed by atoms with E-state index in [2.05, 4.69) is 21.2 Å². The van der Waals surface area contributed by atoms with Crippen LogP contribution >= 0.6 is 39.7 Å². The van der Waals surface area contributed by atoms with E-state index in [1.54, 1.807) is 35.2 Å². The molecule has 1 N–H and O–H groups in total. The average molecular weight is 518 g/mol. The Balaban J connectivity index is 1.45. The number of furan rings is 1. The number of carbonyl (C=O) groups is 1. The molecule has 4 rings (SSSR count). The Bertz CT molecular complexity index is 1160. The van der Waals surface area contributed by atoms with Gasteiger partial charge < -0.3 is 14.5 Å². The zero-order valence-corrected chi connectivity index (χ0v) is 19.6. The molecule has 0 radical (unpaired) electrons. The Kier molecular flexibility index (Phi) is 6.46. The Morgan fingerprint density at radius 2 is 2.00 bits per heavy atom. The number of hydrogen-bond donors (Lipinski definition) is 1. The molecule has 1 unspecified atom stereocenters. The van der Waals surface area contributed by atoms with Gasteiger partial charge in [-0.3, -0.25) is 9.69 Å². The molecule has 0 aliphatic carbocycles. The van der Waals surface area contributed by atoms with Gasteiger partial charge in [-0.1, -0.05) is 57.9 Å². The fraction of sp³-hybridized carbons (Fsp3) is 0.130. The number of rotatable bonds is 6. The van der Waals surface area contributed by atoms with Gasteiger partial charge in [0, 0.05) is 10.5 Å². The van der Waals surface area contributed by atoms with E-state index in [0.29, 0.717) is 33.1 Å². The highest BCUT2D eigenvalue weighted by atomic mass is 79.9. The Hall–Kier alpha value is -2.61. The molecular weight excluding hydrogens is 500 g/mol. The van der Waals surface area contributed by atoms with Crippen LogP contribution in [0.15, 0.2) is 75.3 Å². The summed E-state index contributed by atoms with van der Waals surface area (Å²) in [5.41, 5.74) is 1.37. The number of hydrogen-bond acceptors (Lipinski definition) is 4. The maximum atomic E-state index is 12.9. The van der Waals surface area contributed by atoms with Gasteiger partial charge in [-0.05, 0) is 55.0 Å². The van der Waals surface area contributed by atoms with Crippen molar-refractivity contribution in [3.8, 4) is 5.75 Å². The van der Waals surface area contributed by atoms with Gasteiger partial charge in [0.15, 0.2) is 5.11 Å². The second kappa shape index (κ2) is 9.26. The van der Waals surface area contributed by atoms with Crippen molar-refractivity contribution in [3.63, 3.8) is 0 Å². The third-order valence-electron chi connectivity index (χ3n) is 4.81. The van der Waals surface area contributed by atoms with Crippen molar-refractivity contribution in [2.45, 2.75) is 19.6 Å². The average Bonchev–Trinajstić information content (AvgIpc) is 3.31. The van der Waals surface area contributed by atoms with Crippen LogP contribution in [0.2, 0.25) is 5.02 Å². The van der Waals surface area contributed by atoms with E-state index in [1.807, 2.05) is 43.3 Å². The van der Waals surface area contributed by atoms with Gasteiger partial charge in [-0.15, -0.1) is 0 Å². The van der Waals surface area contributed by atoms with E-state index in [9.17, 15) is 4.79 Å². The summed E-state index contributed by atoms with van der Waals surface area (Å²) in [5.74, 6) is 1.49. The van der Waals surface area contributed by atoms with Gasteiger partial charge in [0.05, 0.1) is 11.1 Å². The Morgan fingerprint density at radius 3 is 2.74 bits per heavy atom. The summed E-state index contributed by atoms with van der Waals surface area (Å²) in [4.78, 5) is 14.5. The smallest absolute Gasteiger partial charge is 0.277 e. The summed E-state index contributed by atoms with van der Waals surface area (Å²) in [6.07, 6.45) is 1.64. The first kappa shape index (κ1) is 21.6. The Morgan fingerprint density at radius 1 is 1.23 bits per heavy atom. The lowest BCUT2D eigenvalue weighted by molar-refractivity contribution is -0.123. The van der Waals surface area contributed by atoms with Crippen molar-refractivity contribution in [2.24, 2.45) is 0 Å². The molecule has 1 aromatic heterocycles. The van der Waals surface area contributed by atoms with E-state index in [1.165, 1.54) is 0 Å². The molecule has 1 amide bonds. The van der Waals surface area contributed by atoms with Crippen LogP contribution in [0.3, 0.4) is 0 Å². The first-order valence-electron chi connectivity index (χ1n) is 9.50. The van der Waals surface area contributed by atoms with Crippen molar-refractivity contribution in [2.75, 3.05) is 0 Å². The normalized spacial score (nSPS) is 16.0. The zero-order chi connectivity index (χ0) is 22.0. The molecule has 0 bridgehead atoms. The van der Waals surface area contributed by atoms with Crippen LogP contribution in [-0.4, -0.2) is 15.9 Å². The maximum absolute atomic E-state index is 12.9. The topological polar surface area (TPSA) is 54.7 Å². The number of benzene rings is 2. The number of nitrogens with one attached hydrogen (secondary N) is 1. The molecule has 8 heteroatoms. The van der Waals surface area contributed by atoms with Gasteiger partial charge in [-0.25, -0.2) is 0 Å². The van der Waals surface area contributed by atoms with Crippen molar-refractivity contribution in [1.82, 2.24) is 10.2 Å². The highest BCUT2D eigenvalue weighted by Gasteiger charge is 2.35. The predicted molar refractivity (Wildman–Crippen MR) is 128 cm³/mol. The molecule has 2 aromatic carbocycles. The minimum Gasteiger partial charge on any atom is -0.484 e. The molecular formula is C23H18BrClN2O3S. The predicted octanol–water partition coefficient (Wildman–Crippen LogP) is 6.09. The lowest BCUT2D eigenvalue weighted by Crippen LogP contribution is -2.33. The third kappa shape index (κ3) is 4.84. The summed E-state index contributed by atoms with van der Waals surface area (Å²) < 4.78 is 12.4. The number of nitrogens with zero attached hydrogens (tertiary/aromatic N) is 1. The summed E-state index contributed by atoms with van der Waals surface area (Å²) in [6, 6.07) is 18.5. The van der Waals surface area contributed by atoms with Crippen molar-refractivity contribution in [3.05, 3.63) is 92.9 Å². The summed E-state index contributed by atoms with van der Waals surface area (Å²) >= 11 is 14.9. The van der Waals surface area contributed by atoms with Crippen LogP contribution < -0.4 is 10.1 Å². The number of amides is 1. The van der Waals surface area contributed by atoms with E-state index in [0.717, 1.165) is 10.0 Å². The van der Waals surface area contributed by atoms with Crippen LogP contribution in [-0.2, 0) is 11.4 Å². The van der Waals surface area contributed by atoms with E-state index in [4.69, 9.17) is 33.0 Å². The van der Waals surface area contributed by atoms with Gasteiger partial charge in [0.25, 0.3) is 5.91 Å². The second-order valence-corrected chi connectivity index (χ2v) is 8.63. The van der Waals surface area contributed by atoms with Crippen LogP contribution in [0.1, 0.15) is 30.0 Å². The molecule has 1 aliphatic rings. The molecule has 1 atom stereocenters. The maximum Gasteiger partial charge on any atom is 0.277 e. The highest BCUT2D eigenvalue weighted by molar-refractivity contribution is 9.10. The monoisotopic (exact) mass is 516 g/mol. The standard InChI is InChI=1S/C23H18BrClN2O3S/c1-14(15-5-3-2-4-6-15)27-22(28)20(26-23(27)31)12-17-8-9-18(30-17)13-29-21-10-7-16(24)11-19(21)25/h2-12,14H,13H2,1H3,(H,26,31)/b20-12-. The molecule has 5 nitrogen and oxygen atoms in total. The van der Waals surface area contributed by atoms with Crippen molar-refractivity contribution < 1.29 is 13.9 Å². The summed E-state index contributed by atoms with van der Waals surface area (Å²) in [5, 5.41) is 3.86. The fourth-order valence-electron chi connectivity index (χ4n) is 3.21. The lowest BCUT2D eigenvalue weighted by atomic mass is 10.1. The highest BCUT2D eigenvalue weighted by Crippen LogP contribution is 2.29. The summed E-state index contributed by atoms with van der Waals surface area (Å²) in [7, 11) is 0. The van der Waals surface area contributed by atoms with Gasteiger partial charge in [0.1, 0.15) is 29.6 Å². The molecule has 31 heavy (non-hydrogen) atoms. The first-order chi connectivity index (χ1) is 14.9. The summed E-state index contributed by atoms with van der Waals surface area (Å²) in [6.45, 7) is 2.15. The van der Waals surface area contributed by atoms with Crippen LogP contribution in [0, 0.1) is 0 Å². The largest absolute Gasteiger partial charge is 0.484 e. The van der Waals surface area contributed by atoms with Gasteiger partial charge in [0.2, 0.25) is 0 Å². The first-order valence-corrected chi connectivity index (χ1v) is 11.1. The fourth-order valence-corrected chi connectivity index (χ4v) is 4.29. The lowest BCUT2D eigenvalue weighted by Gasteiger charge is -2.23. The molecule has 2 heterocycles. The number of halogens is 2. The van der Waals surface area contributed by atoms with E-state index < -0.39 is 0 Å². The molecule has 1 fully saturated rings. The van der Waals surface area contributed by atoms with Crippen LogP contribution in [0.5, 0.6) is 5.75 Å². The molecule has 158 valence electrons. The SMILES string of the molecule is CC(c1ccccc1)N1C(=O)/C(=C/c2ccc(COc3ccc(Br)cc3Cl)o2)NC1=S. The minimum atomic E-state index is -0.197. The number of ether oxygens (including phenoxy) is 1. The molecule has 3 aromatic rings. The second-order valence-electron chi connectivity index (χ2n) is 6.92. The molecule has 1 saturated heterocycles. The number of thiocarbonyl (C=S) groups is 1. The van der Waals surface area contributed by atoms with Crippen molar-refractivity contribution >= 4 is 56.8 Å². The van der Waals surface area contributed by atoms with Crippen molar-refractivity contribution in [1.29, 1.82) is 0 Å². The van der Waals surface area contributed by atoms with Gasteiger partial charge in [-0.2, -0.15) is 0 Å². The Labute approximate surface area is 198 Å². The molecule has 0 spiro atoms.